The molecule has 5 heteroatoms. The molecule has 0 N–H and O–H groups in total. The zero-order chi connectivity index (χ0) is 16.1. The Morgan fingerprint density at radius 3 is 3.00 bits per heavy atom. The molecule has 0 spiro atoms. The van der Waals surface area contributed by atoms with Crippen LogP contribution in [0.25, 0.3) is 0 Å². The summed E-state index contributed by atoms with van der Waals surface area (Å²) in [6, 6.07) is 7.62. The molecule has 2 aromatic rings. The van der Waals surface area contributed by atoms with Crippen molar-refractivity contribution in [2.45, 2.75) is 32.4 Å². The molecule has 1 atom stereocenters. The highest BCUT2D eigenvalue weighted by Gasteiger charge is 2.24. The van der Waals surface area contributed by atoms with Crippen molar-refractivity contribution in [3.63, 3.8) is 0 Å². The minimum Gasteiger partial charge on any atom is -0.376 e. The molecule has 3 heterocycles. The summed E-state index contributed by atoms with van der Waals surface area (Å²) < 4.78 is 5.70. The number of carbonyl (C=O) groups is 1. The van der Waals surface area contributed by atoms with Crippen LogP contribution in [0.2, 0.25) is 0 Å². The molecule has 3 rings (SSSR count). The Balaban J connectivity index is 1.79. The van der Waals surface area contributed by atoms with E-state index in [0.29, 0.717) is 18.7 Å². The van der Waals surface area contributed by atoms with E-state index in [1.807, 2.05) is 36.1 Å². The van der Waals surface area contributed by atoms with Gasteiger partial charge in [-0.25, -0.2) is 0 Å². The maximum atomic E-state index is 12.9. The van der Waals surface area contributed by atoms with Gasteiger partial charge in [-0.3, -0.25) is 14.8 Å². The van der Waals surface area contributed by atoms with E-state index >= 15 is 0 Å². The topological polar surface area (TPSA) is 55.3 Å². The van der Waals surface area contributed by atoms with Crippen LogP contribution in [0.3, 0.4) is 0 Å². The smallest absolute Gasteiger partial charge is 0.255 e. The Morgan fingerprint density at radius 1 is 1.39 bits per heavy atom. The fourth-order valence-electron chi connectivity index (χ4n) is 2.80. The molecule has 0 unspecified atom stereocenters. The molecule has 1 aliphatic heterocycles. The molecule has 0 aliphatic carbocycles. The summed E-state index contributed by atoms with van der Waals surface area (Å²) in [5, 5.41) is 0. The highest BCUT2D eigenvalue weighted by atomic mass is 16.5. The van der Waals surface area contributed by atoms with Crippen LogP contribution < -0.4 is 0 Å². The third kappa shape index (κ3) is 4.13. The minimum absolute atomic E-state index is 0.0256. The van der Waals surface area contributed by atoms with Crippen LogP contribution in [0.15, 0.2) is 42.9 Å². The maximum absolute atomic E-state index is 12.9. The average molecular weight is 311 g/mol. The molecule has 0 saturated carbocycles. The number of nitrogens with zero attached hydrogens (tertiary/aromatic N) is 3. The zero-order valence-corrected chi connectivity index (χ0v) is 13.3. The van der Waals surface area contributed by atoms with Gasteiger partial charge < -0.3 is 9.64 Å². The molecule has 5 nitrogen and oxygen atoms in total. The Hall–Kier alpha value is -2.27. The van der Waals surface area contributed by atoms with E-state index in [2.05, 4.69) is 9.97 Å². The van der Waals surface area contributed by atoms with Gasteiger partial charge in [-0.05, 0) is 43.5 Å². The average Bonchev–Trinajstić information content (AvgIpc) is 3.08. The standard InChI is InChI=1S/C18H21N3O2/c1-14-9-15(11-19-10-14)18(22)21(13-17-6-4-8-23-17)12-16-5-2-3-7-20-16/h2-3,5,7,9-11,17H,4,6,8,12-13H2,1H3/t17-/m1/s1. The van der Waals surface area contributed by atoms with E-state index in [1.165, 1.54) is 0 Å². The summed E-state index contributed by atoms with van der Waals surface area (Å²) in [6.45, 7) is 3.78. The van der Waals surface area contributed by atoms with E-state index in [9.17, 15) is 4.79 Å². The first-order valence-electron chi connectivity index (χ1n) is 7.95. The molecule has 1 saturated heterocycles. The van der Waals surface area contributed by atoms with Crippen molar-refractivity contribution in [1.29, 1.82) is 0 Å². The van der Waals surface area contributed by atoms with Gasteiger partial charge >= 0.3 is 0 Å². The summed E-state index contributed by atoms with van der Waals surface area (Å²) in [5.41, 5.74) is 2.46. The SMILES string of the molecule is Cc1cncc(C(=O)N(Cc2ccccn2)C[C@H]2CCCO2)c1. The van der Waals surface area contributed by atoms with Crippen LogP contribution in [-0.2, 0) is 11.3 Å². The number of rotatable bonds is 5. The van der Waals surface area contributed by atoms with Gasteiger partial charge in [0.05, 0.1) is 23.9 Å². The van der Waals surface area contributed by atoms with Crippen molar-refractivity contribution in [3.8, 4) is 0 Å². The Morgan fingerprint density at radius 2 is 2.30 bits per heavy atom. The highest BCUT2D eigenvalue weighted by molar-refractivity contribution is 5.94. The normalized spacial score (nSPS) is 17.2. The summed E-state index contributed by atoms with van der Waals surface area (Å²) in [7, 11) is 0. The summed E-state index contributed by atoms with van der Waals surface area (Å²) >= 11 is 0. The lowest BCUT2D eigenvalue weighted by Crippen LogP contribution is -2.37. The number of pyridine rings is 2. The second kappa shape index (κ2) is 7.33. The van der Waals surface area contributed by atoms with E-state index in [0.717, 1.165) is 30.7 Å². The number of aryl methyl sites for hydroxylation is 1. The molecular formula is C18H21N3O2. The van der Waals surface area contributed by atoms with Crippen LogP contribution in [0.4, 0.5) is 0 Å². The van der Waals surface area contributed by atoms with Gasteiger partial charge in [0.15, 0.2) is 0 Å². The Labute approximate surface area is 136 Å². The van der Waals surface area contributed by atoms with Crippen LogP contribution in [0.5, 0.6) is 0 Å². The van der Waals surface area contributed by atoms with Crippen molar-refractivity contribution >= 4 is 5.91 Å². The van der Waals surface area contributed by atoms with E-state index in [4.69, 9.17) is 4.74 Å². The van der Waals surface area contributed by atoms with Gasteiger partial charge in [-0.15, -0.1) is 0 Å². The van der Waals surface area contributed by atoms with Crippen LogP contribution in [0, 0.1) is 6.92 Å². The number of hydrogen-bond acceptors (Lipinski definition) is 4. The fraction of sp³-hybridized carbons (Fsp3) is 0.389. The molecule has 2 aromatic heterocycles. The Bertz CT molecular complexity index is 654. The van der Waals surface area contributed by atoms with Gasteiger partial charge in [0.25, 0.3) is 5.91 Å². The third-order valence-corrected chi connectivity index (χ3v) is 3.94. The fourth-order valence-corrected chi connectivity index (χ4v) is 2.80. The lowest BCUT2D eigenvalue weighted by atomic mass is 10.1. The van der Waals surface area contributed by atoms with E-state index in [1.54, 1.807) is 18.6 Å². The Kier molecular flexibility index (Phi) is 4.98. The van der Waals surface area contributed by atoms with Gasteiger partial charge in [-0.2, -0.15) is 0 Å². The predicted molar refractivity (Wildman–Crippen MR) is 86.9 cm³/mol. The highest BCUT2D eigenvalue weighted by Crippen LogP contribution is 2.17. The number of amides is 1. The quantitative estimate of drug-likeness (QED) is 0.852. The van der Waals surface area contributed by atoms with Crippen molar-refractivity contribution in [1.82, 2.24) is 14.9 Å². The van der Waals surface area contributed by atoms with Crippen LogP contribution in [-0.4, -0.2) is 40.0 Å². The maximum Gasteiger partial charge on any atom is 0.255 e. The molecule has 0 aromatic carbocycles. The zero-order valence-electron chi connectivity index (χ0n) is 13.3. The molecule has 0 bridgehead atoms. The van der Waals surface area contributed by atoms with Gasteiger partial charge in [0, 0.05) is 31.7 Å². The summed E-state index contributed by atoms with van der Waals surface area (Å²) in [6.07, 6.45) is 7.29. The molecular weight excluding hydrogens is 290 g/mol. The first kappa shape index (κ1) is 15.6. The van der Waals surface area contributed by atoms with Gasteiger partial charge in [-0.1, -0.05) is 6.07 Å². The number of carbonyl (C=O) groups excluding carboxylic acids is 1. The first-order chi connectivity index (χ1) is 11.2. The first-order valence-corrected chi connectivity index (χ1v) is 7.95. The van der Waals surface area contributed by atoms with Gasteiger partial charge in [0.2, 0.25) is 0 Å². The van der Waals surface area contributed by atoms with E-state index < -0.39 is 0 Å². The summed E-state index contributed by atoms with van der Waals surface area (Å²) in [5.74, 6) is -0.0256. The number of hydrogen-bond donors (Lipinski definition) is 0. The predicted octanol–water partition coefficient (Wildman–Crippen LogP) is 2.61. The van der Waals surface area contributed by atoms with Gasteiger partial charge in [0.1, 0.15) is 0 Å². The lowest BCUT2D eigenvalue weighted by Gasteiger charge is -2.25. The van der Waals surface area contributed by atoms with Crippen molar-refractivity contribution in [2.24, 2.45) is 0 Å². The number of ether oxygens (including phenoxy) is 1. The largest absolute Gasteiger partial charge is 0.376 e. The van der Waals surface area contributed by atoms with E-state index in [-0.39, 0.29) is 12.0 Å². The van der Waals surface area contributed by atoms with Crippen molar-refractivity contribution < 1.29 is 9.53 Å². The molecule has 23 heavy (non-hydrogen) atoms. The number of aromatic nitrogens is 2. The van der Waals surface area contributed by atoms with Crippen LogP contribution >= 0.6 is 0 Å². The molecule has 1 fully saturated rings. The minimum atomic E-state index is -0.0256. The molecule has 1 aliphatic rings. The van der Waals surface area contributed by atoms with Crippen LogP contribution in [0.1, 0.15) is 34.5 Å². The summed E-state index contributed by atoms with van der Waals surface area (Å²) in [4.78, 5) is 23.2. The molecule has 1 amide bonds. The van der Waals surface area contributed by atoms with Crippen molar-refractivity contribution in [3.05, 3.63) is 59.7 Å². The lowest BCUT2D eigenvalue weighted by molar-refractivity contribution is 0.0504. The molecule has 120 valence electrons. The third-order valence-electron chi connectivity index (χ3n) is 3.94. The molecule has 0 radical (unpaired) electrons. The second-order valence-electron chi connectivity index (χ2n) is 5.89. The monoisotopic (exact) mass is 311 g/mol. The second-order valence-corrected chi connectivity index (χ2v) is 5.89. The van der Waals surface area contributed by atoms with Crippen molar-refractivity contribution in [2.75, 3.05) is 13.2 Å².